The highest BCUT2D eigenvalue weighted by atomic mass is 16.5. The topological polar surface area (TPSA) is 26.3 Å². The Hall–Kier alpha value is -3.65. The highest BCUT2D eigenvalue weighted by Crippen LogP contribution is 2.50. The lowest BCUT2D eigenvalue weighted by Gasteiger charge is -2.33. The van der Waals surface area contributed by atoms with Gasteiger partial charge in [-0.25, -0.2) is 0 Å². The number of rotatable bonds is 7. The minimum atomic E-state index is 0.00276. The molecule has 7 rings (SSSR count). The summed E-state index contributed by atoms with van der Waals surface area (Å²) in [4.78, 5) is 12.1. The van der Waals surface area contributed by atoms with E-state index >= 15 is 0 Å². The minimum absolute atomic E-state index is 0.00276. The first-order valence-electron chi connectivity index (χ1n) is 17.7. The molecule has 2 saturated carbocycles. The SMILES string of the molecule is C=C(C)Cc1c(C)cc2c(c1-c1ccc(C)cc1)CC(c1ccc3c(c1)C(C1CCC([C@@H]4CCC(C(=O)OC)C4)CC1)=CC3C)=C2. The third kappa shape index (κ3) is 5.74. The molecule has 4 aliphatic carbocycles. The van der Waals surface area contributed by atoms with E-state index in [0.717, 1.165) is 31.6 Å². The second-order valence-electron chi connectivity index (χ2n) is 15.1. The standard InChI is InChI=1S/C44H50O2/c1-26(2)19-39-28(4)20-37-23-36(25-41(37)43(39)32-9-7-27(3)8-10-32)34-17-18-38-29(5)21-40(42(38)24-34)31-13-11-30(12-14-31)33-15-16-35(22-33)44(45)46-6/h7-10,17-18,20-21,23-24,29-31,33,35H,1,11-16,19,22,25H2,2-6H3/t29?,30?,31?,33-,35?/m1/s1. The molecule has 0 aromatic heterocycles. The molecule has 2 fully saturated rings. The molecular formula is C44H50O2. The molecule has 0 spiro atoms. The highest BCUT2D eigenvalue weighted by Gasteiger charge is 2.38. The van der Waals surface area contributed by atoms with Crippen LogP contribution in [-0.4, -0.2) is 13.1 Å². The van der Waals surface area contributed by atoms with Gasteiger partial charge in [0, 0.05) is 5.92 Å². The number of benzene rings is 3. The molecule has 4 aliphatic rings. The van der Waals surface area contributed by atoms with Gasteiger partial charge in [-0.05, 0) is 164 Å². The van der Waals surface area contributed by atoms with Crippen molar-refractivity contribution in [2.45, 2.75) is 91.4 Å². The maximum absolute atomic E-state index is 12.1. The predicted octanol–water partition coefficient (Wildman–Crippen LogP) is 11.1. The Kier molecular flexibility index (Phi) is 8.43. The lowest BCUT2D eigenvalue weighted by molar-refractivity contribution is -0.145. The van der Waals surface area contributed by atoms with Crippen molar-refractivity contribution in [3.8, 4) is 11.1 Å². The zero-order valence-electron chi connectivity index (χ0n) is 28.5. The van der Waals surface area contributed by atoms with Crippen molar-refractivity contribution >= 4 is 23.2 Å². The third-order valence-electron chi connectivity index (χ3n) is 11.9. The number of esters is 1. The third-order valence-corrected chi connectivity index (χ3v) is 11.9. The first kappa shape index (κ1) is 31.0. The van der Waals surface area contributed by atoms with E-state index < -0.39 is 0 Å². The molecule has 0 bridgehead atoms. The molecule has 3 aromatic carbocycles. The predicted molar refractivity (Wildman–Crippen MR) is 193 cm³/mol. The number of carbonyl (C=O) groups excluding carboxylic acids is 1. The smallest absolute Gasteiger partial charge is 0.308 e. The van der Waals surface area contributed by atoms with Crippen molar-refractivity contribution in [2.24, 2.45) is 23.7 Å². The van der Waals surface area contributed by atoms with Gasteiger partial charge in [0.1, 0.15) is 0 Å². The largest absolute Gasteiger partial charge is 0.469 e. The van der Waals surface area contributed by atoms with E-state index in [9.17, 15) is 4.79 Å². The van der Waals surface area contributed by atoms with Gasteiger partial charge in [-0.3, -0.25) is 4.79 Å². The number of aryl methyl sites for hydroxylation is 2. The van der Waals surface area contributed by atoms with Crippen molar-refractivity contribution in [1.29, 1.82) is 0 Å². The fraction of sp³-hybridized carbons (Fsp3) is 0.432. The molecule has 46 heavy (non-hydrogen) atoms. The van der Waals surface area contributed by atoms with E-state index in [-0.39, 0.29) is 11.9 Å². The van der Waals surface area contributed by atoms with Crippen molar-refractivity contribution in [3.63, 3.8) is 0 Å². The van der Waals surface area contributed by atoms with Gasteiger partial charge in [0.05, 0.1) is 13.0 Å². The van der Waals surface area contributed by atoms with Crippen LogP contribution in [-0.2, 0) is 22.4 Å². The van der Waals surface area contributed by atoms with Gasteiger partial charge in [-0.2, -0.15) is 0 Å². The van der Waals surface area contributed by atoms with Gasteiger partial charge >= 0.3 is 5.97 Å². The maximum atomic E-state index is 12.1. The molecular weight excluding hydrogens is 560 g/mol. The van der Waals surface area contributed by atoms with E-state index in [1.54, 1.807) is 5.57 Å². The molecule has 0 amide bonds. The second-order valence-corrected chi connectivity index (χ2v) is 15.1. The molecule has 0 radical (unpaired) electrons. The van der Waals surface area contributed by atoms with Gasteiger partial charge in [-0.15, -0.1) is 0 Å². The van der Waals surface area contributed by atoms with Crippen molar-refractivity contribution in [2.75, 3.05) is 7.11 Å². The van der Waals surface area contributed by atoms with Crippen molar-refractivity contribution in [1.82, 2.24) is 0 Å². The average Bonchev–Trinajstić information content (AvgIpc) is 3.79. The lowest BCUT2D eigenvalue weighted by atomic mass is 9.72. The first-order chi connectivity index (χ1) is 22.2. The summed E-state index contributed by atoms with van der Waals surface area (Å²) in [5.74, 6) is 2.70. The van der Waals surface area contributed by atoms with Crippen LogP contribution in [0.4, 0.5) is 0 Å². The van der Waals surface area contributed by atoms with Gasteiger partial charge in [0.2, 0.25) is 0 Å². The van der Waals surface area contributed by atoms with Crippen LogP contribution in [0.5, 0.6) is 0 Å². The first-order valence-corrected chi connectivity index (χ1v) is 17.7. The number of fused-ring (bicyclic) bond motifs is 2. The Bertz CT molecular complexity index is 1740. The van der Waals surface area contributed by atoms with Crippen LogP contribution in [0.25, 0.3) is 28.3 Å². The van der Waals surface area contributed by atoms with Crippen LogP contribution in [0.3, 0.4) is 0 Å². The summed E-state index contributed by atoms with van der Waals surface area (Å²) in [6.07, 6.45) is 15.3. The van der Waals surface area contributed by atoms with E-state index in [4.69, 9.17) is 4.74 Å². The monoisotopic (exact) mass is 610 g/mol. The van der Waals surface area contributed by atoms with E-state index in [1.807, 2.05) is 0 Å². The van der Waals surface area contributed by atoms with E-state index in [1.165, 1.54) is 106 Å². The summed E-state index contributed by atoms with van der Waals surface area (Å²) in [5.41, 5.74) is 18.2. The quantitative estimate of drug-likeness (QED) is 0.196. The summed E-state index contributed by atoms with van der Waals surface area (Å²) in [6.45, 7) is 13.2. The number of ether oxygens (including phenoxy) is 1. The zero-order valence-corrected chi connectivity index (χ0v) is 28.5. The normalized spacial score (nSPS) is 25.1. The van der Waals surface area contributed by atoms with Crippen molar-refractivity contribution in [3.05, 3.63) is 111 Å². The second kappa shape index (κ2) is 12.5. The Morgan fingerprint density at radius 3 is 2.35 bits per heavy atom. The van der Waals surface area contributed by atoms with Crippen LogP contribution >= 0.6 is 0 Å². The molecule has 0 aliphatic heterocycles. The number of methoxy groups -OCH3 is 1. The van der Waals surface area contributed by atoms with Crippen molar-refractivity contribution < 1.29 is 9.53 Å². The Labute approximate surface area is 276 Å². The fourth-order valence-electron chi connectivity index (χ4n) is 9.40. The number of carbonyl (C=O) groups is 1. The number of allylic oxidation sites excluding steroid dienone is 4. The molecule has 0 heterocycles. The van der Waals surface area contributed by atoms with Gasteiger partial charge < -0.3 is 4.74 Å². The molecule has 3 atom stereocenters. The summed E-state index contributed by atoms with van der Waals surface area (Å²) in [5, 5.41) is 0. The lowest BCUT2D eigenvalue weighted by Crippen LogP contribution is -2.22. The zero-order chi connectivity index (χ0) is 32.1. The van der Waals surface area contributed by atoms with Crippen LogP contribution < -0.4 is 0 Å². The van der Waals surface area contributed by atoms with Gasteiger partial charge in [0.25, 0.3) is 0 Å². The molecule has 0 N–H and O–H groups in total. The van der Waals surface area contributed by atoms with Crippen LogP contribution in [0.1, 0.15) is 109 Å². The molecule has 238 valence electrons. The van der Waals surface area contributed by atoms with Crippen LogP contribution in [0, 0.1) is 37.5 Å². The Morgan fingerprint density at radius 2 is 1.63 bits per heavy atom. The molecule has 2 unspecified atom stereocenters. The molecule has 2 nitrogen and oxygen atoms in total. The number of hydrogen-bond acceptors (Lipinski definition) is 2. The summed E-state index contributed by atoms with van der Waals surface area (Å²) < 4.78 is 5.06. The van der Waals surface area contributed by atoms with E-state index in [2.05, 4.69) is 95.0 Å². The fourth-order valence-corrected chi connectivity index (χ4v) is 9.40. The Balaban J connectivity index is 1.13. The van der Waals surface area contributed by atoms with E-state index in [0.29, 0.717) is 17.8 Å². The minimum Gasteiger partial charge on any atom is -0.469 e. The summed E-state index contributed by atoms with van der Waals surface area (Å²) in [6, 6.07) is 18.8. The summed E-state index contributed by atoms with van der Waals surface area (Å²) in [7, 11) is 1.53. The van der Waals surface area contributed by atoms with Gasteiger partial charge in [0.15, 0.2) is 0 Å². The summed E-state index contributed by atoms with van der Waals surface area (Å²) >= 11 is 0. The van der Waals surface area contributed by atoms with Gasteiger partial charge in [-0.1, -0.05) is 79.3 Å². The number of hydrogen-bond donors (Lipinski definition) is 0. The maximum Gasteiger partial charge on any atom is 0.308 e. The average molecular weight is 611 g/mol. The molecule has 2 heteroatoms. The Morgan fingerprint density at radius 1 is 0.913 bits per heavy atom. The molecule has 0 saturated heterocycles. The van der Waals surface area contributed by atoms with Crippen LogP contribution in [0.15, 0.2) is 66.8 Å². The highest BCUT2D eigenvalue weighted by molar-refractivity contribution is 5.94. The molecule has 3 aromatic rings. The van der Waals surface area contributed by atoms with Crippen LogP contribution in [0.2, 0.25) is 0 Å².